The molecule has 2 aliphatic carbocycles. The molecule has 2 N–H and O–H groups in total. The number of aliphatic hydroxyl groups excluding tert-OH is 1. The number of fused-ring (bicyclic) bond motifs is 1. The van der Waals surface area contributed by atoms with Gasteiger partial charge in [0.2, 0.25) is 5.91 Å². The molecule has 0 radical (unpaired) electrons. The fraction of sp³-hybridized carbons (Fsp3) is 0.638. The molecule has 366 valence electrons. The Balaban J connectivity index is 0.000000781. The van der Waals surface area contributed by atoms with Crippen molar-refractivity contribution in [3.05, 3.63) is 95.3 Å². The lowest BCUT2D eigenvalue weighted by Crippen LogP contribution is -2.50. The molecule has 0 saturated heterocycles. The fourth-order valence-electron chi connectivity index (χ4n) is 8.50. The maximum absolute atomic E-state index is 14.4. The Hall–Kier alpha value is -3.84. The molecule has 2 fully saturated rings. The topological polar surface area (TPSA) is 82.0 Å². The molecule has 0 spiro atoms. The van der Waals surface area contributed by atoms with Gasteiger partial charge in [-0.25, -0.2) is 4.39 Å². The fourth-order valence-corrected chi connectivity index (χ4v) is 8.50. The lowest BCUT2D eigenvalue weighted by atomic mass is 9.73. The van der Waals surface area contributed by atoms with Crippen LogP contribution in [0.25, 0.3) is 5.57 Å². The largest absolute Gasteiger partial charge is 0.395 e. The number of aliphatic imine (C=N–C) groups is 1. The third-order valence-electron chi connectivity index (χ3n) is 13.0. The van der Waals surface area contributed by atoms with Crippen LogP contribution in [0, 0.1) is 23.2 Å². The normalized spacial score (nSPS) is 19.4. The molecule has 2 saturated carbocycles. The molecule has 1 heterocycles. The number of anilines is 1. The number of Topliss-reactive ketones (excluding diaryl/α,β-unsaturated/α-hetero) is 1. The van der Waals surface area contributed by atoms with E-state index in [1.807, 2.05) is 53.8 Å². The van der Waals surface area contributed by atoms with Gasteiger partial charge in [-0.3, -0.25) is 14.6 Å². The van der Waals surface area contributed by atoms with Gasteiger partial charge in [0, 0.05) is 29.6 Å². The number of hydrogen-bond acceptors (Lipinski definition) is 5. The van der Waals surface area contributed by atoms with Crippen molar-refractivity contribution >= 4 is 29.2 Å². The summed E-state index contributed by atoms with van der Waals surface area (Å²) in [6, 6.07) is 6.74. The Kier molecular flexibility index (Phi) is 27.7. The molecule has 7 heteroatoms. The molecule has 4 rings (SSSR count). The summed E-state index contributed by atoms with van der Waals surface area (Å²) < 4.78 is 14.4. The molecular weight excluding hydrogens is 806 g/mol. The predicted octanol–water partition coefficient (Wildman–Crippen LogP) is 16.3. The number of aliphatic hydroxyl groups is 1. The highest BCUT2D eigenvalue weighted by Crippen LogP contribution is 2.52. The Morgan fingerprint density at radius 3 is 2.00 bits per heavy atom. The highest BCUT2D eigenvalue weighted by atomic mass is 19.1. The number of allylic oxidation sites excluding steroid dienone is 8. The van der Waals surface area contributed by atoms with E-state index in [-0.39, 0.29) is 35.7 Å². The number of ketones is 1. The van der Waals surface area contributed by atoms with Crippen LogP contribution in [0.15, 0.2) is 89.1 Å². The van der Waals surface area contributed by atoms with Crippen molar-refractivity contribution in [3.63, 3.8) is 0 Å². The SMILES string of the molecule is C=C/C(F)=C(\C=C/C)N/C(C)=C(C)/C(=C\C(=C)c1ccc2c(c1)N(C1CC(CC)C1)C(=O)C2(CCC)CCC)N=CCC.CC(C)C.CCC(C)C(=O)C1(CO)CC1.CCCCCCC. The average molecular weight is 900 g/mol. The van der Waals surface area contributed by atoms with Crippen LogP contribution in [0.3, 0.4) is 0 Å². The van der Waals surface area contributed by atoms with E-state index in [1.165, 1.54) is 43.7 Å². The zero-order chi connectivity index (χ0) is 49.3. The van der Waals surface area contributed by atoms with Crippen LogP contribution in [0.5, 0.6) is 0 Å². The Bertz CT molecular complexity index is 1790. The van der Waals surface area contributed by atoms with E-state index in [1.54, 1.807) is 12.2 Å². The quantitative estimate of drug-likeness (QED) is 0.0651. The standard InChI is InChI=1S/C38H52FN3O.C9H16O2.C7H16.C4H10/c1-10-16-34(33(39)15-6)41-28(9)27(8)35(40-21-13-4)22-26(7)30-17-18-32-36(25-30)42(31-23-29(14-5)24-31)37(43)38(32,19-11-2)20-12-3;1-3-7(2)8(11)9(6-10)4-5-9;1-3-5-7-6-4-2;1-4(2)3/h10,15-18,21-22,25,29,31,41H,6-7,11-14,19-20,23-24H2,1-5,8-9H3;7,10H,3-6H2,1-2H3;3-7H2,1-2H3;4H,1-3H3/b16-10-,28-27+,34-33-,35-22+,40-21?;;;. The maximum atomic E-state index is 14.4. The first-order valence-electron chi connectivity index (χ1n) is 25.6. The number of unbranched alkanes of at least 4 members (excludes halogenated alkanes) is 4. The van der Waals surface area contributed by atoms with E-state index in [9.17, 15) is 14.0 Å². The number of halogens is 1. The summed E-state index contributed by atoms with van der Waals surface area (Å²) >= 11 is 0. The number of benzene rings is 1. The second-order valence-electron chi connectivity index (χ2n) is 19.4. The second-order valence-corrected chi connectivity index (χ2v) is 19.4. The summed E-state index contributed by atoms with van der Waals surface area (Å²) in [5, 5.41) is 12.1. The van der Waals surface area contributed by atoms with Crippen LogP contribution in [-0.4, -0.2) is 35.7 Å². The van der Waals surface area contributed by atoms with Gasteiger partial charge in [-0.05, 0) is 131 Å². The molecule has 1 unspecified atom stereocenters. The summed E-state index contributed by atoms with van der Waals surface area (Å²) in [5.41, 5.74) is 6.03. The molecule has 1 aromatic carbocycles. The molecule has 3 aliphatic rings. The van der Waals surface area contributed by atoms with Crippen LogP contribution >= 0.6 is 0 Å². The molecule has 1 amide bonds. The molecule has 0 aromatic heterocycles. The third-order valence-corrected chi connectivity index (χ3v) is 13.0. The zero-order valence-corrected chi connectivity index (χ0v) is 43.9. The van der Waals surface area contributed by atoms with Gasteiger partial charge in [-0.1, -0.05) is 159 Å². The van der Waals surface area contributed by atoms with E-state index in [4.69, 9.17) is 10.1 Å². The molecule has 1 aromatic rings. The zero-order valence-electron chi connectivity index (χ0n) is 43.9. The van der Waals surface area contributed by atoms with Crippen molar-refractivity contribution in [1.82, 2.24) is 5.32 Å². The minimum absolute atomic E-state index is 0.0518. The van der Waals surface area contributed by atoms with Gasteiger partial charge in [-0.15, -0.1) is 0 Å². The second kappa shape index (κ2) is 30.4. The van der Waals surface area contributed by atoms with Crippen molar-refractivity contribution in [2.75, 3.05) is 11.5 Å². The number of hydrogen-bond donors (Lipinski definition) is 2. The maximum Gasteiger partial charge on any atom is 0.237 e. The molecule has 1 aliphatic heterocycles. The van der Waals surface area contributed by atoms with Gasteiger partial charge < -0.3 is 15.3 Å². The minimum Gasteiger partial charge on any atom is -0.395 e. The summed E-state index contributed by atoms with van der Waals surface area (Å²) in [6.45, 7) is 37.4. The molecule has 1 atom stereocenters. The number of nitrogens with one attached hydrogen (secondary N) is 1. The monoisotopic (exact) mass is 900 g/mol. The third kappa shape index (κ3) is 17.4. The van der Waals surface area contributed by atoms with Crippen LogP contribution in [0.2, 0.25) is 0 Å². The summed E-state index contributed by atoms with van der Waals surface area (Å²) in [6.07, 6.45) is 26.0. The first-order chi connectivity index (χ1) is 30.9. The van der Waals surface area contributed by atoms with Crippen LogP contribution < -0.4 is 10.2 Å². The van der Waals surface area contributed by atoms with E-state index in [0.29, 0.717) is 11.6 Å². The van der Waals surface area contributed by atoms with Crippen molar-refractivity contribution in [2.45, 2.75) is 211 Å². The average Bonchev–Trinajstić information content (AvgIpc) is 4.05. The van der Waals surface area contributed by atoms with E-state index >= 15 is 0 Å². The number of carbonyl (C=O) groups excluding carboxylic acids is 2. The Morgan fingerprint density at radius 1 is 0.969 bits per heavy atom. The van der Waals surface area contributed by atoms with Crippen molar-refractivity contribution in [2.24, 2.45) is 28.2 Å². The first kappa shape index (κ1) is 59.2. The van der Waals surface area contributed by atoms with Gasteiger partial charge in [0.1, 0.15) is 11.6 Å². The number of carbonyl (C=O) groups is 2. The highest BCUT2D eigenvalue weighted by Gasteiger charge is 2.53. The Morgan fingerprint density at radius 2 is 1.55 bits per heavy atom. The van der Waals surface area contributed by atoms with Crippen molar-refractivity contribution in [3.8, 4) is 0 Å². The van der Waals surface area contributed by atoms with E-state index < -0.39 is 11.2 Å². The lowest BCUT2D eigenvalue weighted by molar-refractivity contribution is -0.129. The smallest absolute Gasteiger partial charge is 0.237 e. The minimum atomic E-state index is -0.441. The summed E-state index contributed by atoms with van der Waals surface area (Å²) in [5.74, 6) is 1.79. The van der Waals surface area contributed by atoms with Crippen LogP contribution in [0.1, 0.15) is 211 Å². The number of rotatable bonds is 23. The molecular formula is C58H94FN3O3. The van der Waals surface area contributed by atoms with Crippen LogP contribution in [-0.2, 0) is 15.0 Å². The van der Waals surface area contributed by atoms with Gasteiger partial charge in [0.05, 0.1) is 28.8 Å². The number of amides is 1. The van der Waals surface area contributed by atoms with Gasteiger partial charge in [0.15, 0.2) is 0 Å². The summed E-state index contributed by atoms with van der Waals surface area (Å²) in [4.78, 5) is 32.7. The van der Waals surface area contributed by atoms with Gasteiger partial charge in [0.25, 0.3) is 0 Å². The van der Waals surface area contributed by atoms with Gasteiger partial charge >= 0.3 is 0 Å². The molecule has 0 bridgehead atoms. The molecule has 65 heavy (non-hydrogen) atoms. The first-order valence-corrected chi connectivity index (χ1v) is 25.6. The van der Waals surface area contributed by atoms with Crippen LogP contribution in [0.4, 0.5) is 10.1 Å². The van der Waals surface area contributed by atoms with Crippen molar-refractivity contribution in [1.29, 1.82) is 0 Å². The van der Waals surface area contributed by atoms with Crippen molar-refractivity contribution < 1.29 is 19.1 Å². The molecule has 6 nitrogen and oxygen atoms in total. The van der Waals surface area contributed by atoms with Gasteiger partial charge in [-0.2, -0.15) is 0 Å². The van der Waals surface area contributed by atoms with E-state index in [2.05, 4.69) is 97.0 Å². The number of nitrogens with zero attached hydrogens (tertiary/aromatic N) is 2. The lowest BCUT2D eigenvalue weighted by Gasteiger charge is -2.42. The summed E-state index contributed by atoms with van der Waals surface area (Å²) in [7, 11) is 0. The predicted molar refractivity (Wildman–Crippen MR) is 281 cm³/mol. The van der Waals surface area contributed by atoms with E-state index in [0.717, 1.165) is 110 Å². The Labute approximate surface area is 398 Å². The highest BCUT2D eigenvalue weighted by molar-refractivity contribution is 6.09.